The van der Waals surface area contributed by atoms with E-state index in [1.807, 2.05) is 30.3 Å². The number of furan rings is 1. The molecule has 250 valence electrons. The third-order valence-corrected chi connectivity index (χ3v) is 11.1. The minimum Gasteiger partial charge on any atom is -0.456 e. The number of para-hydroxylation sites is 2. The number of aromatic nitrogens is 4. The first kappa shape index (κ1) is 29.8. The summed E-state index contributed by atoms with van der Waals surface area (Å²) in [5.74, 6) is 1.89. The third kappa shape index (κ3) is 4.34. The second-order valence-electron chi connectivity index (χ2n) is 14.4. The Kier molecular flexibility index (Phi) is 6.23. The Bertz CT molecular complexity index is 3040. The summed E-state index contributed by atoms with van der Waals surface area (Å²) in [4.78, 5) is 15.6. The zero-order valence-corrected chi connectivity index (χ0v) is 29.2. The van der Waals surface area contributed by atoms with Gasteiger partial charge in [-0.15, -0.1) is 0 Å². The van der Waals surface area contributed by atoms with Crippen LogP contribution in [0.15, 0.2) is 162 Å². The second-order valence-corrected chi connectivity index (χ2v) is 14.4. The van der Waals surface area contributed by atoms with Crippen LogP contribution in [-0.2, 0) is 5.41 Å². The molecule has 3 aromatic heterocycles. The normalized spacial score (nSPS) is 13.2. The Morgan fingerprint density at radius 3 is 1.87 bits per heavy atom. The van der Waals surface area contributed by atoms with Gasteiger partial charge in [0.05, 0.1) is 11.0 Å². The fraction of sp³-hybridized carbons (Fsp3) is 0.0625. The van der Waals surface area contributed by atoms with Gasteiger partial charge in [-0.05, 0) is 52.6 Å². The van der Waals surface area contributed by atoms with Crippen LogP contribution in [0, 0.1) is 0 Å². The molecule has 0 fully saturated rings. The molecule has 11 rings (SSSR count). The van der Waals surface area contributed by atoms with Gasteiger partial charge in [-0.2, -0.15) is 0 Å². The molecule has 0 saturated heterocycles. The predicted molar refractivity (Wildman–Crippen MR) is 215 cm³/mol. The van der Waals surface area contributed by atoms with Gasteiger partial charge in [0.15, 0.2) is 17.5 Å². The number of hydrogen-bond acceptors (Lipinski definition) is 4. The van der Waals surface area contributed by atoms with Gasteiger partial charge in [0.25, 0.3) is 0 Å². The van der Waals surface area contributed by atoms with Crippen LogP contribution in [0.1, 0.15) is 25.0 Å². The molecule has 0 unspecified atom stereocenters. The van der Waals surface area contributed by atoms with E-state index in [2.05, 4.69) is 146 Å². The smallest absolute Gasteiger partial charge is 0.164 e. The largest absolute Gasteiger partial charge is 0.456 e. The highest BCUT2D eigenvalue weighted by Crippen LogP contribution is 2.51. The molecule has 0 aliphatic heterocycles. The Labute approximate surface area is 305 Å². The lowest BCUT2D eigenvalue weighted by molar-refractivity contribution is 0.660. The standard InChI is InChI=1S/C48H32N4O/c1-48(2)37-21-9-6-18-33(37)43-35(19-12-22-38(43)48)46-49-45(29-14-4-3-5-15-29)50-47(51-46)36-20-13-25-41-44(36)34-27-26-30(28-42(34)53-41)52-39-23-10-7-16-31(39)32-17-8-11-24-40(32)52/h3-28H,1-2H3. The van der Waals surface area contributed by atoms with Gasteiger partial charge in [-0.3, -0.25) is 0 Å². The van der Waals surface area contributed by atoms with E-state index in [4.69, 9.17) is 19.4 Å². The van der Waals surface area contributed by atoms with Gasteiger partial charge >= 0.3 is 0 Å². The van der Waals surface area contributed by atoms with E-state index in [1.165, 1.54) is 33.0 Å². The summed E-state index contributed by atoms with van der Waals surface area (Å²) in [6.45, 7) is 4.60. The van der Waals surface area contributed by atoms with Crippen LogP contribution in [0.2, 0.25) is 0 Å². The van der Waals surface area contributed by atoms with E-state index in [0.29, 0.717) is 17.5 Å². The third-order valence-electron chi connectivity index (χ3n) is 11.1. The van der Waals surface area contributed by atoms with Gasteiger partial charge in [0.1, 0.15) is 11.2 Å². The summed E-state index contributed by atoms with van der Waals surface area (Å²) in [6.07, 6.45) is 0. The van der Waals surface area contributed by atoms with Crippen LogP contribution in [0.4, 0.5) is 0 Å². The van der Waals surface area contributed by atoms with E-state index in [1.54, 1.807) is 0 Å². The molecule has 5 nitrogen and oxygen atoms in total. The lowest BCUT2D eigenvalue weighted by Gasteiger charge is -2.21. The molecule has 0 atom stereocenters. The number of rotatable bonds is 4. The molecule has 0 saturated carbocycles. The average molecular weight is 681 g/mol. The molecule has 0 N–H and O–H groups in total. The van der Waals surface area contributed by atoms with Crippen molar-refractivity contribution in [3.05, 3.63) is 169 Å². The molecular weight excluding hydrogens is 649 g/mol. The summed E-state index contributed by atoms with van der Waals surface area (Å²) in [6, 6.07) is 55.2. The second kappa shape index (κ2) is 11.1. The molecule has 1 aliphatic carbocycles. The maximum atomic E-state index is 6.65. The molecule has 10 aromatic rings. The summed E-state index contributed by atoms with van der Waals surface area (Å²) < 4.78 is 8.96. The summed E-state index contributed by atoms with van der Waals surface area (Å²) >= 11 is 0. The van der Waals surface area contributed by atoms with E-state index in [9.17, 15) is 0 Å². The van der Waals surface area contributed by atoms with Crippen molar-refractivity contribution >= 4 is 43.7 Å². The Morgan fingerprint density at radius 2 is 1.08 bits per heavy atom. The summed E-state index contributed by atoms with van der Waals surface area (Å²) in [7, 11) is 0. The molecule has 5 heteroatoms. The molecule has 0 radical (unpaired) electrons. The van der Waals surface area contributed by atoms with Crippen molar-refractivity contribution in [1.29, 1.82) is 0 Å². The first-order valence-electron chi connectivity index (χ1n) is 18.0. The molecule has 0 bridgehead atoms. The molecular formula is C48H32N4O. The zero-order chi connectivity index (χ0) is 35.3. The molecule has 53 heavy (non-hydrogen) atoms. The van der Waals surface area contributed by atoms with Crippen molar-refractivity contribution in [2.45, 2.75) is 19.3 Å². The number of hydrogen-bond donors (Lipinski definition) is 0. The molecule has 0 spiro atoms. The first-order chi connectivity index (χ1) is 26.0. The predicted octanol–water partition coefficient (Wildman–Crippen LogP) is 12.2. The quantitative estimate of drug-likeness (QED) is 0.186. The summed E-state index contributed by atoms with van der Waals surface area (Å²) in [5.41, 5.74) is 12.7. The zero-order valence-electron chi connectivity index (χ0n) is 29.2. The van der Waals surface area contributed by atoms with Gasteiger partial charge < -0.3 is 8.98 Å². The molecule has 0 amide bonds. The number of fused-ring (bicyclic) bond motifs is 9. The van der Waals surface area contributed by atoms with Gasteiger partial charge in [0, 0.05) is 55.4 Å². The molecule has 3 heterocycles. The Hall–Kier alpha value is -6.85. The van der Waals surface area contributed by atoms with Gasteiger partial charge in [-0.1, -0.05) is 135 Å². The van der Waals surface area contributed by atoms with Crippen molar-refractivity contribution < 1.29 is 4.42 Å². The van der Waals surface area contributed by atoms with Gasteiger partial charge in [-0.25, -0.2) is 15.0 Å². The van der Waals surface area contributed by atoms with Crippen molar-refractivity contribution in [1.82, 2.24) is 19.5 Å². The van der Waals surface area contributed by atoms with Gasteiger partial charge in [0.2, 0.25) is 0 Å². The van der Waals surface area contributed by atoms with Crippen LogP contribution in [0.5, 0.6) is 0 Å². The van der Waals surface area contributed by atoms with Crippen molar-refractivity contribution in [3.8, 4) is 51.0 Å². The first-order valence-corrected chi connectivity index (χ1v) is 18.0. The fourth-order valence-corrected chi connectivity index (χ4v) is 8.61. The molecule has 1 aliphatic rings. The monoisotopic (exact) mass is 680 g/mol. The van der Waals surface area contributed by atoms with E-state index in [-0.39, 0.29) is 5.41 Å². The van der Waals surface area contributed by atoms with Crippen LogP contribution in [-0.4, -0.2) is 19.5 Å². The number of nitrogens with zero attached hydrogens (tertiary/aromatic N) is 4. The Balaban J connectivity index is 1.13. The maximum absolute atomic E-state index is 6.65. The van der Waals surface area contributed by atoms with Crippen LogP contribution >= 0.6 is 0 Å². The van der Waals surface area contributed by atoms with Crippen LogP contribution < -0.4 is 0 Å². The molecule has 7 aromatic carbocycles. The van der Waals surface area contributed by atoms with Crippen molar-refractivity contribution in [3.63, 3.8) is 0 Å². The topological polar surface area (TPSA) is 56.7 Å². The minimum atomic E-state index is -0.139. The van der Waals surface area contributed by atoms with Crippen molar-refractivity contribution in [2.75, 3.05) is 0 Å². The highest BCUT2D eigenvalue weighted by molar-refractivity contribution is 6.13. The lowest BCUT2D eigenvalue weighted by atomic mass is 9.82. The van der Waals surface area contributed by atoms with E-state index < -0.39 is 0 Å². The Morgan fingerprint density at radius 1 is 0.472 bits per heavy atom. The van der Waals surface area contributed by atoms with Crippen molar-refractivity contribution in [2.24, 2.45) is 0 Å². The lowest BCUT2D eigenvalue weighted by Crippen LogP contribution is -2.14. The summed E-state index contributed by atoms with van der Waals surface area (Å²) in [5, 5.41) is 4.45. The van der Waals surface area contributed by atoms with E-state index in [0.717, 1.165) is 55.3 Å². The fourth-order valence-electron chi connectivity index (χ4n) is 8.61. The van der Waals surface area contributed by atoms with Crippen LogP contribution in [0.3, 0.4) is 0 Å². The maximum Gasteiger partial charge on any atom is 0.164 e. The highest BCUT2D eigenvalue weighted by atomic mass is 16.3. The van der Waals surface area contributed by atoms with Crippen LogP contribution in [0.25, 0.3) is 94.7 Å². The SMILES string of the molecule is CC1(C)c2ccccc2-c2c(-c3nc(-c4ccccc4)nc(-c4cccc5oc6cc(-n7c8ccccc8c8ccccc87)ccc6c45)n3)cccc21. The average Bonchev–Trinajstić information content (AvgIpc) is 3.83. The highest BCUT2D eigenvalue weighted by Gasteiger charge is 2.37. The minimum absolute atomic E-state index is 0.139. The van der Waals surface area contributed by atoms with E-state index >= 15 is 0 Å². The number of benzene rings is 7.